The molecule has 0 saturated heterocycles. The van der Waals surface area contributed by atoms with E-state index in [4.69, 9.17) is 11.6 Å². The van der Waals surface area contributed by atoms with Gasteiger partial charge in [-0.3, -0.25) is 0 Å². The van der Waals surface area contributed by atoms with Crippen LogP contribution in [0.5, 0.6) is 0 Å². The number of hydrogen-bond donors (Lipinski definition) is 2. The summed E-state index contributed by atoms with van der Waals surface area (Å²) in [5.41, 5.74) is -0.0388. The van der Waals surface area contributed by atoms with Crippen molar-refractivity contribution in [1.29, 1.82) is 0 Å². The lowest BCUT2D eigenvalue weighted by Crippen LogP contribution is -2.05. The first-order valence-electron chi connectivity index (χ1n) is 5.58. The monoisotopic (exact) mass is 284 g/mol. The molecule has 4 nitrogen and oxygen atoms in total. The molecule has 2 rings (SSSR count). The van der Waals surface area contributed by atoms with Crippen molar-refractivity contribution < 1.29 is 8.78 Å². The molecule has 0 fully saturated rings. The summed E-state index contributed by atoms with van der Waals surface area (Å²) in [7, 11) is 0. The van der Waals surface area contributed by atoms with E-state index in [1.807, 2.05) is 6.92 Å². The number of nitrogens with one attached hydrogen (secondary N) is 2. The van der Waals surface area contributed by atoms with E-state index in [-0.39, 0.29) is 16.5 Å². The van der Waals surface area contributed by atoms with Crippen LogP contribution in [0.3, 0.4) is 0 Å². The fraction of sp³-hybridized carbons (Fsp3) is 0.167. The van der Waals surface area contributed by atoms with Gasteiger partial charge in [0.2, 0.25) is 5.95 Å². The first-order chi connectivity index (χ1) is 9.10. The van der Waals surface area contributed by atoms with Gasteiger partial charge in [-0.2, -0.15) is 4.98 Å². The highest BCUT2D eigenvalue weighted by Crippen LogP contribution is 2.25. The van der Waals surface area contributed by atoms with Crippen LogP contribution in [0, 0.1) is 11.6 Å². The normalized spacial score (nSPS) is 10.3. The summed E-state index contributed by atoms with van der Waals surface area (Å²) in [6.07, 6.45) is 1.38. The predicted molar refractivity (Wildman–Crippen MR) is 70.8 cm³/mol. The van der Waals surface area contributed by atoms with Crippen LogP contribution in [0.15, 0.2) is 24.4 Å². The van der Waals surface area contributed by atoms with Gasteiger partial charge in [0.15, 0.2) is 5.82 Å². The molecule has 1 aromatic heterocycles. The second kappa shape index (κ2) is 5.79. The van der Waals surface area contributed by atoms with Crippen molar-refractivity contribution in [2.75, 3.05) is 17.2 Å². The summed E-state index contributed by atoms with van der Waals surface area (Å²) in [5.74, 6) is -0.592. The molecular formula is C12H11ClF2N4. The summed E-state index contributed by atoms with van der Waals surface area (Å²) < 4.78 is 26.6. The van der Waals surface area contributed by atoms with Crippen molar-refractivity contribution in [3.8, 4) is 0 Å². The van der Waals surface area contributed by atoms with Crippen LogP contribution in [0.4, 0.5) is 26.2 Å². The van der Waals surface area contributed by atoms with Gasteiger partial charge in [0.1, 0.15) is 16.7 Å². The Morgan fingerprint density at radius 3 is 2.84 bits per heavy atom. The Morgan fingerprint density at radius 1 is 1.32 bits per heavy atom. The van der Waals surface area contributed by atoms with E-state index in [0.29, 0.717) is 12.5 Å². The maximum absolute atomic E-state index is 13.5. The fourth-order valence-electron chi connectivity index (χ4n) is 1.42. The van der Waals surface area contributed by atoms with E-state index in [2.05, 4.69) is 20.6 Å². The Bertz CT molecular complexity index is 592. The van der Waals surface area contributed by atoms with E-state index >= 15 is 0 Å². The van der Waals surface area contributed by atoms with Crippen LogP contribution in [0.2, 0.25) is 5.02 Å². The van der Waals surface area contributed by atoms with Gasteiger partial charge in [-0.1, -0.05) is 11.6 Å². The van der Waals surface area contributed by atoms with Crippen molar-refractivity contribution in [3.05, 3.63) is 41.1 Å². The Hall–Kier alpha value is -1.95. The summed E-state index contributed by atoms with van der Waals surface area (Å²) >= 11 is 5.91. The summed E-state index contributed by atoms with van der Waals surface area (Å²) in [6.45, 7) is 2.52. The van der Waals surface area contributed by atoms with Gasteiger partial charge in [-0.05, 0) is 19.1 Å². The van der Waals surface area contributed by atoms with E-state index in [0.717, 1.165) is 18.2 Å². The Morgan fingerprint density at radius 2 is 2.11 bits per heavy atom. The molecule has 0 aliphatic carbocycles. The van der Waals surface area contributed by atoms with E-state index in [1.54, 1.807) is 0 Å². The van der Waals surface area contributed by atoms with Crippen LogP contribution >= 0.6 is 11.6 Å². The van der Waals surface area contributed by atoms with Gasteiger partial charge in [-0.25, -0.2) is 13.8 Å². The molecule has 7 heteroatoms. The smallest absolute Gasteiger partial charge is 0.224 e. The minimum Gasteiger partial charge on any atom is -0.354 e. The van der Waals surface area contributed by atoms with Crippen molar-refractivity contribution in [2.24, 2.45) is 0 Å². The SMILES string of the molecule is CCNc1ncc(Cl)c(Nc2cc(F)ccc2F)n1. The molecule has 0 aliphatic heterocycles. The molecule has 100 valence electrons. The molecule has 2 aromatic rings. The molecule has 2 N–H and O–H groups in total. The number of nitrogens with zero attached hydrogens (tertiary/aromatic N) is 2. The third-order valence-corrected chi connectivity index (χ3v) is 2.54. The number of hydrogen-bond acceptors (Lipinski definition) is 4. The number of halogens is 3. The molecular weight excluding hydrogens is 274 g/mol. The first kappa shape index (κ1) is 13.5. The van der Waals surface area contributed by atoms with Gasteiger partial charge in [0, 0.05) is 12.6 Å². The molecule has 0 spiro atoms. The van der Waals surface area contributed by atoms with Gasteiger partial charge in [0.25, 0.3) is 0 Å². The molecule has 0 aliphatic rings. The van der Waals surface area contributed by atoms with Crippen LogP contribution in [0.25, 0.3) is 0 Å². The largest absolute Gasteiger partial charge is 0.354 e. The maximum Gasteiger partial charge on any atom is 0.224 e. The minimum atomic E-state index is -0.596. The van der Waals surface area contributed by atoms with E-state index < -0.39 is 11.6 Å². The second-order valence-electron chi connectivity index (χ2n) is 3.67. The third kappa shape index (κ3) is 3.29. The quantitative estimate of drug-likeness (QED) is 0.901. The highest BCUT2D eigenvalue weighted by atomic mass is 35.5. The van der Waals surface area contributed by atoms with E-state index in [9.17, 15) is 8.78 Å². The van der Waals surface area contributed by atoms with E-state index in [1.165, 1.54) is 6.20 Å². The molecule has 0 atom stereocenters. The van der Waals surface area contributed by atoms with Crippen molar-refractivity contribution in [1.82, 2.24) is 9.97 Å². The topological polar surface area (TPSA) is 49.8 Å². The Kier molecular flexibility index (Phi) is 4.11. The lowest BCUT2D eigenvalue weighted by atomic mass is 10.3. The van der Waals surface area contributed by atoms with Gasteiger partial charge >= 0.3 is 0 Å². The van der Waals surface area contributed by atoms with Gasteiger partial charge < -0.3 is 10.6 Å². The van der Waals surface area contributed by atoms with Gasteiger partial charge in [0.05, 0.1) is 11.9 Å². The van der Waals surface area contributed by atoms with Crippen molar-refractivity contribution in [3.63, 3.8) is 0 Å². The maximum atomic E-state index is 13.5. The number of rotatable bonds is 4. The molecule has 0 radical (unpaired) electrons. The lowest BCUT2D eigenvalue weighted by molar-refractivity contribution is 0.603. The molecule has 0 saturated carbocycles. The summed E-state index contributed by atoms with van der Waals surface area (Å²) in [4.78, 5) is 8.02. The first-order valence-corrected chi connectivity index (χ1v) is 5.96. The average Bonchev–Trinajstić information content (AvgIpc) is 2.38. The zero-order valence-corrected chi connectivity index (χ0v) is 10.8. The highest BCUT2D eigenvalue weighted by molar-refractivity contribution is 6.32. The summed E-state index contributed by atoms with van der Waals surface area (Å²) in [5, 5.41) is 5.75. The zero-order valence-electron chi connectivity index (χ0n) is 10.0. The number of benzene rings is 1. The highest BCUT2D eigenvalue weighted by Gasteiger charge is 2.09. The van der Waals surface area contributed by atoms with Crippen LogP contribution < -0.4 is 10.6 Å². The molecule has 0 amide bonds. The minimum absolute atomic E-state index is 0.0388. The average molecular weight is 285 g/mol. The standard InChI is InChI=1S/C12H11ClF2N4/c1-2-16-12-17-6-8(13)11(19-12)18-10-5-7(14)3-4-9(10)15/h3-6H,2H2,1H3,(H2,16,17,18,19). The van der Waals surface area contributed by atoms with Crippen LogP contribution in [-0.4, -0.2) is 16.5 Å². The Labute approximate surface area is 113 Å². The van der Waals surface area contributed by atoms with Crippen molar-refractivity contribution >= 4 is 29.1 Å². The van der Waals surface area contributed by atoms with Crippen molar-refractivity contribution in [2.45, 2.75) is 6.92 Å². The zero-order chi connectivity index (χ0) is 13.8. The molecule has 19 heavy (non-hydrogen) atoms. The molecule has 1 aromatic carbocycles. The fourth-order valence-corrected chi connectivity index (χ4v) is 1.56. The van der Waals surface area contributed by atoms with Gasteiger partial charge in [-0.15, -0.1) is 0 Å². The van der Waals surface area contributed by atoms with Crippen LogP contribution in [-0.2, 0) is 0 Å². The Balaban J connectivity index is 2.31. The molecule has 0 unspecified atom stereocenters. The second-order valence-corrected chi connectivity index (χ2v) is 4.08. The lowest BCUT2D eigenvalue weighted by Gasteiger charge is -2.10. The van der Waals surface area contributed by atoms with Crippen LogP contribution in [0.1, 0.15) is 6.92 Å². The third-order valence-electron chi connectivity index (χ3n) is 2.26. The summed E-state index contributed by atoms with van der Waals surface area (Å²) in [6, 6.07) is 3.09. The number of anilines is 3. The number of aromatic nitrogens is 2. The predicted octanol–water partition coefficient (Wildman–Crippen LogP) is 3.58. The molecule has 0 bridgehead atoms. The molecule has 1 heterocycles.